The van der Waals surface area contributed by atoms with Crippen molar-refractivity contribution in [2.24, 2.45) is 0 Å². The van der Waals surface area contributed by atoms with E-state index in [4.69, 9.17) is 27.9 Å². The normalized spacial score (nSPS) is 11.6. The van der Waals surface area contributed by atoms with Crippen LogP contribution < -0.4 is 10.1 Å². The van der Waals surface area contributed by atoms with Crippen LogP contribution in [0.3, 0.4) is 0 Å². The summed E-state index contributed by atoms with van der Waals surface area (Å²) in [5.41, 5.74) is 0.969. The molecule has 0 aliphatic heterocycles. The summed E-state index contributed by atoms with van der Waals surface area (Å²) in [4.78, 5) is 23.8. The van der Waals surface area contributed by atoms with Crippen LogP contribution in [0.4, 0.5) is 0 Å². The highest BCUT2D eigenvalue weighted by Crippen LogP contribution is 2.27. The van der Waals surface area contributed by atoms with Crippen molar-refractivity contribution in [2.75, 3.05) is 6.61 Å². The minimum absolute atomic E-state index is 0.118. The first kappa shape index (κ1) is 18.3. The number of carbonyl (C=O) groups excluding carboxylic acids is 2. The maximum absolute atomic E-state index is 12.1. The van der Waals surface area contributed by atoms with E-state index in [0.29, 0.717) is 22.2 Å². The summed E-state index contributed by atoms with van der Waals surface area (Å²) in [6.07, 6.45) is 0.430. The molecule has 0 spiro atoms. The molecule has 24 heavy (non-hydrogen) atoms. The molecule has 0 saturated carbocycles. The van der Waals surface area contributed by atoms with Crippen molar-refractivity contribution in [1.29, 1.82) is 0 Å². The van der Waals surface area contributed by atoms with Crippen LogP contribution >= 0.6 is 23.2 Å². The van der Waals surface area contributed by atoms with Crippen molar-refractivity contribution in [3.05, 3.63) is 64.1 Å². The number of Topliss-reactive ketones (excluding diaryl/α,β-unsaturated/α-hetero) is 1. The zero-order chi connectivity index (χ0) is 17.5. The van der Waals surface area contributed by atoms with E-state index in [1.807, 2.05) is 30.3 Å². The van der Waals surface area contributed by atoms with E-state index in [1.165, 1.54) is 13.0 Å². The lowest BCUT2D eigenvalue weighted by molar-refractivity contribution is -0.128. The summed E-state index contributed by atoms with van der Waals surface area (Å²) in [6.45, 7) is 1.20. The number of nitrogens with one attached hydrogen (secondary N) is 1. The monoisotopic (exact) mass is 365 g/mol. The molecule has 0 fully saturated rings. The molecule has 0 radical (unpaired) electrons. The maximum Gasteiger partial charge on any atom is 0.258 e. The second kappa shape index (κ2) is 8.71. The van der Waals surface area contributed by atoms with Crippen molar-refractivity contribution in [2.45, 2.75) is 19.4 Å². The molecule has 6 heteroatoms. The smallest absolute Gasteiger partial charge is 0.258 e. The lowest BCUT2D eigenvalue weighted by Crippen LogP contribution is -2.43. The Morgan fingerprint density at radius 3 is 2.50 bits per heavy atom. The molecule has 4 nitrogen and oxygen atoms in total. The van der Waals surface area contributed by atoms with Crippen molar-refractivity contribution < 1.29 is 14.3 Å². The molecular weight excluding hydrogens is 349 g/mol. The van der Waals surface area contributed by atoms with E-state index in [1.54, 1.807) is 12.1 Å². The van der Waals surface area contributed by atoms with Gasteiger partial charge >= 0.3 is 0 Å². The van der Waals surface area contributed by atoms with Crippen molar-refractivity contribution in [1.82, 2.24) is 5.32 Å². The lowest BCUT2D eigenvalue weighted by Gasteiger charge is -2.16. The number of halogens is 2. The number of ketones is 1. The Labute approximate surface area is 150 Å². The maximum atomic E-state index is 12.1. The van der Waals surface area contributed by atoms with Crippen LogP contribution in [-0.2, 0) is 16.0 Å². The number of hydrogen-bond acceptors (Lipinski definition) is 3. The highest BCUT2D eigenvalue weighted by atomic mass is 35.5. The molecule has 126 valence electrons. The fourth-order valence-corrected chi connectivity index (χ4v) is 2.45. The standard InChI is InChI=1S/C18H17Cl2NO3/c1-12(22)16(9-13-5-3-2-4-6-13)21-18(23)11-24-17-10-14(19)7-8-15(17)20/h2-8,10,16H,9,11H2,1H3,(H,21,23). The van der Waals surface area contributed by atoms with Crippen molar-refractivity contribution in [3.8, 4) is 5.75 Å². The minimum Gasteiger partial charge on any atom is -0.482 e. The van der Waals surface area contributed by atoms with Gasteiger partial charge in [-0.3, -0.25) is 9.59 Å². The SMILES string of the molecule is CC(=O)C(Cc1ccccc1)NC(=O)COc1cc(Cl)ccc1Cl. The first-order chi connectivity index (χ1) is 11.5. The number of rotatable bonds is 7. The van der Waals surface area contributed by atoms with Crippen LogP contribution in [0.25, 0.3) is 0 Å². The molecule has 0 bridgehead atoms. The average Bonchev–Trinajstić information content (AvgIpc) is 2.56. The van der Waals surface area contributed by atoms with Crippen molar-refractivity contribution >= 4 is 34.9 Å². The Morgan fingerprint density at radius 1 is 1.12 bits per heavy atom. The van der Waals surface area contributed by atoms with Gasteiger partial charge in [0, 0.05) is 11.1 Å². The zero-order valence-electron chi connectivity index (χ0n) is 13.1. The van der Waals surface area contributed by atoms with Gasteiger partial charge in [-0.05, 0) is 31.0 Å². The topological polar surface area (TPSA) is 55.4 Å². The third kappa shape index (κ3) is 5.55. The Morgan fingerprint density at radius 2 is 1.83 bits per heavy atom. The molecule has 1 unspecified atom stereocenters. The van der Waals surface area contributed by atoms with Crippen LogP contribution in [-0.4, -0.2) is 24.3 Å². The third-order valence-electron chi connectivity index (χ3n) is 3.36. The summed E-state index contributed by atoms with van der Waals surface area (Å²) in [6, 6.07) is 13.6. The van der Waals surface area contributed by atoms with E-state index in [2.05, 4.69) is 5.32 Å². The van der Waals surface area contributed by atoms with E-state index >= 15 is 0 Å². The fourth-order valence-electron chi connectivity index (χ4n) is 2.11. The van der Waals surface area contributed by atoms with E-state index in [0.717, 1.165) is 5.56 Å². The molecule has 0 heterocycles. The van der Waals surface area contributed by atoms with Gasteiger partial charge in [-0.25, -0.2) is 0 Å². The summed E-state index contributed by atoms with van der Waals surface area (Å²) < 4.78 is 5.37. The highest BCUT2D eigenvalue weighted by molar-refractivity contribution is 6.34. The molecule has 0 aromatic heterocycles. The molecule has 1 amide bonds. The zero-order valence-corrected chi connectivity index (χ0v) is 14.6. The Balaban J connectivity index is 1.93. The molecule has 0 aliphatic carbocycles. The van der Waals surface area contributed by atoms with Gasteiger partial charge in [0.15, 0.2) is 12.4 Å². The van der Waals surface area contributed by atoms with E-state index in [9.17, 15) is 9.59 Å². The van der Waals surface area contributed by atoms with Gasteiger partial charge < -0.3 is 10.1 Å². The fraction of sp³-hybridized carbons (Fsp3) is 0.222. The first-order valence-electron chi connectivity index (χ1n) is 7.37. The Bertz CT molecular complexity index is 719. The number of benzene rings is 2. The minimum atomic E-state index is -0.599. The third-order valence-corrected chi connectivity index (χ3v) is 3.91. The lowest BCUT2D eigenvalue weighted by atomic mass is 10.0. The van der Waals surface area contributed by atoms with Gasteiger partial charge in [0.2, 0.25) is 0 Å². The molecule has 1 atom stereocenters. The molecular formula is C18H17Cl2NO3. The first-order valence-corrected chi connectivity index (χ1v) is 8.13. The number of hydrogen-bond donors (Lipinski definition) is 1. The van der Waals surface area contributed by atoms with Gasteiger partial charge in [-0.2, -0.15) is 0 Å². The molecule has 0 saturated heterocycles. The van der Waals surface area contributed by atoms with Crippen LogP contribution in [0.1, 0.15) is 12.5 Å². The van der Waals surface area contributed by atoms with E-state index < -0.39 is 11.9 Å². The molecule has 1 N–H and O–H groups in total. The van der Waals surface area contributed by atoms with Crippen molar-refractivity contribution in [3.63, 3.8) is 0 Å². The second-order valence-corrected chi connectivity index (χ2v) is 6.13. The van der Waals surface area contributed by atoms with Gasteiger partial charge in [-0.1, -0.05) is 53.5 Å². The predicted molar refractivity (Wildman–Crippen MR) is 94.7 cm³/mol. The van der Waals surface area contributed by atoms with Crippen LogP contribution in [0.5, 0.6) is 5.75 Å². The second-order valence-electron chi connectivity index (χ2n) is 5.28. The van der Waals surface area contributed by atoms with Gasteiger partial charge in [0.05, 0.1) is 11.1 Å². The molecule has 2 aromatic rings. The summed E-state index contributed by atoms with van der Waals surface area (Å²) in [5, 5.41) is 3.50. The number of amides is 1. The number of ether oxygens (including phenoxy) is 1. The number of carbonyl (C=O) groups is 2. The van der Waals surface area contributed by atoms with Gasteiger partial charge in [0.1, 0.15) is 5.75 Å². The van der Waals surface area contributed by atoms with Gasteiger partial charge in [-0.15, -0.1) is 0 Å². The predicted octanol–water partition coefficient (Wildman–Crippen LogP) is 3.69. The highest BCUT2D eigenvalue weighted by Gasteiger charge is 2.18. The van der Waals surface area contributed by atoms with E-state index in [-0.39, 0.29) is 12.4 Å². The summed E-state index contributed by atoms with van der Waals surface area (Å²) >= 11 is 11.8. The Hall–Kier alpha value is -2.04. The largest absolute Gasteiger partial charge is 0.482 e. The summed E-state index contributed by atoms with van der Waals surface area (Å²) in [7, 11) is 0. The Kier molecular flexibility index (Phi) is 6.64. The average molecular weight is 366 g/mol. The molecule has 2 rings (SSSR count). The van der Waals surface area contributed by atoms with Crippen LogP contribution in [0.2, 0.25) is 10.0 Å². The van der Waals surface area contributed by atoms with Crippen LogP contribution in [0.15, 0.2) is 48.5 Å². The quantitative estimate of drug-likeness (QED) is 0.813. The molecule has 0 aliphatic rings. The van der Waals surface area contributed by atoms with Crippen LogP contribution in [0, 0.1) is 0 Å². The van der Waals surface area contributed by atoms with Gasteiger partial charge in [0.25, 0.3) is 5.91 Å². The molecule has 2 aromatic carbocycles. The summed E-state index contributed by atoms with van der Waals surface area (Å²) in [5.74, 6) is -0.197.